The number of aliphatic hydroxyl groups is 1. The van der Waals surface area contributed by atoms with E-state index in [4.69, 9.17) is 10.9 Å². The van der Waals surface area contributed by atoms with Gasteiger partial charge in [0.05, 0.1) is 6.10 Å². The average Bonchev–Trinajstić information content (AvgIpc) is 2.25. The zero-order valence-electron chi connectivity index (χ0n) is 9.20. The van der Waals surface area contributed by atoms with Crippen LogP contribution in [0.3, 0.4) is 0 Å². The number of nitrogen functional groups attached to an aromatic ring is 1. The van der Waals surface area contributed by atoms with Gasteiger partial charge in [0.25, 0.3) is 0 Å². The Labute approximate surface area is 100 Å². The van der Waals surface area contributed by atoms with Gasteiger partial charge in [-0.15, -0.1) is 0 Å². The van der Waals surface area contributed by atoms with Crippen molar-refractivity contribution in [1.29, 1.82) is 0 Å². The molecule has 0 aromatic carbocycles. The minimum atomic E-state index is -4.57. The molecule has 1 aromatic rings. The summed E-state index contributed by atoms with van der Waals surface area (Å²) in [5, 5.41) is 11.9. The van der Waals surface area contributed by atoms with Gasteiger partial charge in [-0.3, -0.25) is 5.43 Å². The van der Waals surface area contributed by atoms with Crippen LogP contribution in [0.15, 0.2) is 6.07 Å². The van der Waals surface area contributed by atoms with E-state index < -0.39 is 18.0 Å². The summed E-state index contributed by atoms with van der Waals surface area (Å²) in [5.74, 6) is 4.74. The Morgan fingerprint density at radius 1 is 1.33 bits per heavy atom. The van der Waals surface area contributed by atoms with E-state index in [9.17, 15) is 13.2 Å². The first-order valence-electron chi connectivity index (χ1n) is 5.26. The Kier molecular flexibility index (Phi) is 3.26. The third-order valence-electron chi connectivity index (χ3n) is 2.61. The lowest BCUT2D eigenvalue weighted by Crippen LogP contribution is -2.39. The van der Waals surface area contributed by atoms with E-state index in [1.165, 1.54) is 0 Å². The van der Waals surface area contributed by atoms with Gasteiger partial charge in [0, 0.05) is 12.1 Å². The molecule has 0 amide bonds. The molecule has 1 saturated carbocycles. The predicted molar refractivity (Wildman–Crippen MR) is 57.5 cm³/mol. The molecule has 2 rings (SSSR count). The van der Waals surface area contributed by atoms with E-state index in [2.05, 4.69) is 15.3 Å². The van der Waals surface area contributed by atoms with E-state index in [0.29, 0.717) is 12.8 Å². The van der Waals surface area contributed by atoms with Gasteiger partial charge >= 0.3 is 6.18 Å². The van der Waals surface area contributed by atoms with E-state index >= 15 is 0 Å². The minimum Gasteiger partial charge on any atom is -0.393 e. The predicted octanol–water partition coefficient (Wildman–Crippen LogP) is 0.716. The van der Waals surface area contributed by atoms with Gasteiger partial charge in [-0.25, -0.2) is 10.8 Å². The van der Waals surface area contributed by atoms with Gasteiger partial charge in [-0.2, -0.15) is 18.2 Å². The first-order valence-corrected chi connectivity index (χ1v) is 5.26. The van der Waals surface area contributed by atoms with Crippen LogP contribution >= 0.6 is 0 Å². The molecule has 0 unspecified atom stereocenters. The van der Waals surface area contributed by atoms with Crippen molar-refractivity contribution in [3.63, 3.8) is 0 Å². The fourth-order valence-electron chi connectivity index (χ4n) is 1.65. The zero-order valence-corrected chi connectivity index (χ0v) is 9.20. The van der Waals surface area contributed by atoms with E-state index in [0.717, 1.165) is 6.07 Å². The number of nitrogens with zero attached hydrogens (tertiary/aromatic N) is 2. The van der Waals surface area contributed by atoms with Crippen molar-refractivity contribution in [2.24, 2.45) is 5.84 Å². The molecule has 6 nitrogen and oxygen atoms in total. The first-order chi connectivity index (χ1) is 8.38. The Hall–Kier alpha value is -1.61. The van der Waals surface area contributed by atoms with Crippen molar-refractivity contribution in [2.75, 3.05) is 10.7 Å². The first kappa shape index (κ1) is 12.8. The number of hydrogen-bond donors (Lipinski definition) is 4. The second kappa shape index (κ2) is 4.58. The molecule has 0 bridgehead atoms. The maximum Gasteiger partial charge on any atom is 0.433 e. The van der Waals surface area contributed by atoms with Gasteiger partial charge in [0.2, 0.25) is 5.95 Å². The highest BCUT2D eigenvalue weighted by molar-refractivity contribution is 5.43. The molecule has 1 aromatic heterocycles. The Morgan fingerprint density at radius 3 is 2.50 bits per heavy atom. The number of halogens is 3. The van der Waals surface area contributed by atoms with Crippen molar-refractivity contribution < 1.29 is 18.3 Å². The standard InChI is InChI=1S/C9H12F3N5O/c10-9(11,12)6-3-7(16-8(15-6)17-13)14-4-1-5(18)2-4/h3-5,18H,1-2,13H2,(H2,14,15,16,17). The van der Waals surface area contributed by atoms with Gasteiger partial charge in [0.1, 0.15) is 5.82 Å². The van der Waals surface area contributed by atoms with E-state index in [1.54, 1.807) is 0 Å². The second-order valence-electron chi connectivity index (χ2n) is 4.07. The van der Waals surface area contributed by atoms with Gasteiger partial charge in [-0.05, 0) is 12.8 Å². The summed E-state index contributed by atoms with van der Waals surface area (Å²) in [5.41, 5.74) is 0.910. The molecule has 0 atom stereocenters. The monoisotopic (exact) mass is 263 g/mol. The third kappa shape index (κ3) is 2.79. The molecule has 1 fully saturated rings. The van der Waals surface area contributed by atoms with Crippen molar-refractivity contribution >= 4 is 11.8 Å². The molecule has 0 spiro atoms. The summed E-state index contributed by atoms with van der Waals surface area (Å²) in [7, 11) is 0. The molecule has 5 N–H and O–H groups in total. The summed E-state index contributed by atoms with van der Waals surface area (Å²) in [6, 6.07) is 0.729. The normalized spacial score (nSPS) is 23.4. The highest BCUT2D eigenvalue weighted by atomic mass is 19.4. The number of aromatic nitrogens is 2. The number of anilines is 2. The lowest BCUT2D eigenvalue weighted by molar-refractivity contribution is -0.141. The van der Waals surface area contributed by atoms with E-state index in [1.807, 2.05) is 5.43 Å². The van der Waals surface area contributed by atoms with Crippen LogP contribution < -0.4 is 16.6 Å². The number of aliphatic hydroxyl groups excluding tert-OH is 1. The van der Waals surface area contributed by atoms with Gasteiger partial charge in [-0.1, -0.05) is 0 Å². The smallest absolute Gasteiger partial charge is 0.393 e. The van der Waals surface area contributed by atoms with Crippen LogP contribution in [-0.4, -0.2) is 27.2 Å². The molecule has 100 valence electrons. The van der Waals surface area contributed by atoms with Crippen molar-refractivity contribution in [2.45, 2.75) is 31.2 Å². The third-order valence-corrected chi connectivity index (χ3v) is 2.61. The molecule has 1 heterocycles. The van der Waals surface area contributed by atoms with Crippen LogP contribution in [0.4, 0.5) is 24.9 Å². The molecule has 0 saturated heterocycles. The Balaban J connectivity index is 2.18. The molecule has 1 aliphatic rings. The SMILES string of the molecule is NNc1nc(NC2CC(O)C2)cc(C(F)(F)F)n1. The number of alkyl halides is 3. The van der Waals surface area contributed by atoms with Crippen molar-refractivity contribution in [1.82, 2.24) is 9.97 Å². The second-order valence-corrected chi connectivity index (χ2v) is 4.07. The van der Waals surface area contributed by atoms with Crippen molar-refractivity contribution in [3.8, 4) is 0 Å². The van der Waals surface area contributed by atoms with E-state index in [-0.39, 0.29) is 17.8 Å². The molecule has 18 heavy (non-hydrogen) atoms. The van der Waals surface area contributed by atoms with Gasteiger partial charge in [0.15, 0.2) is 5.69 Å². The maximum atomic E-state index is 12.6. The molecule has 0 radical (unpaired) electrons. The molecule has 1 aliphatic carbocycles. The fourth-order valence-corrected chi connectivity index (χ4v) is 1.65. The van der Waals surface area contributed by atoms with Crippen LogP contribution in [0, 0.1) is 0 Å². The summed E-state index contributed by atoms with van der Waals surface area (Å²) < 4.78 is 37.7. The zero-order chi connectivity index (χ0) is 13.3. The van der Waals surface area contributed by atoms with Crippen LogP contribution in [0.25, 0.3) is 0 Å². The number of hydrazine groups is 1. The fraction of sp³-hybridized carbons (Fsp3) is 0.556. The summed E-state index contributed by atoms with van der Waals surface area (Å²) in [6.07, 6.45) is -4.00. The van der Waals surface area contributed by atoms with Gasteiger partial charge < -0.3 is 10.4 Å². The Bertz CT molecular complexity index is 433. The lowest BCUT2D eigenvalue weighted by Gasteiger charge is -2.32. The molecular weight excluding hydrogens is 251 g/mol. The highest BCUT2D eigenvalue weighted by Crippen LogP contribution is 2.30. The Morgan fingerprint density at radius 2 is 2.00 bits per heavy atom. The topological polar surface area (TPSA) is 96.1 Å². The number of rotatable bonds is 3. The summed E-state index contributed by atoms with van der Waals surface area (Å²) in [4.78, 5) is 7.00. The number of nitrogens with one attached hydrogen (secondary N) is 2. The largest absolute Gasteiger partial charge is 0.433 e. The lowest BCUT2D eigenvalue weighted by atomic mass is 9.89. The molecular formula is C9H12F3N5O. The molecule has 9 heteroatoms. The van der Waals surface area contributed by atoms with Crippen molar-refractivity contribution in [3.05, 3.63) is 11.8 Å². The van der Waals surface area contributed by atoms with Crippen LogP contribution in [0.5, 0.6) is 0 Å². The quantitative estimate of drug-likeness (QED) is 0.474. The summed E-state index contributed by atoms with van der Waals surface area (Å²) in [6.45, 7) is 0. The van der Waals surface area contributed by atoms with Crippen LogP contribution in [-0.2, 0) is 6.18 Å². The summed E-state index contributed by atoms with van der Waals surface area (Å²) >= 11 is 0. The number of nitrogens with two attached hydrogens (primary N) is 1. The van der Waals surface area contributed by atoms with Crippen LogP contribution in [0.1, 0.15) is 18.5 Å². The maximum absolute atomic E-state index is 12.6. The number of hydrogen-bond acceptors (Lipinski definition) is 6. The average molecular weight is 263 g/mol. The minimum absolute atomic E-state index is 0.0298. The van der Waals surface area contributed by atoms with Crippen LogP contribution in [0.2, 0.25) is 0 Å². The highest BCUT2D eigenvalue weighted by Gasteiger charge is 2.34. The molecule has 0 aliphatic heterocycles.